The van der Waals surface area contributed by atoms with Crippen molar-refractivity contribution in [1.82, 2.24) is 14.5 Å². The van der Waals surface area contributed by atoms with Crippen molar-refractivity contribution in [3.05, 3.63) is 71.9 Å². The van der Waals surface area contributed by atoms with Gasteiger partial charge in [-0.25, -0.2) is 9.37 Å². The Balaban J connectivity index is 1.22. The van der Waals surface area contributed by atoms with Crippen molar-refractivity contribution in [3.63, 3.8) is 0 Å². The summed E-state index contributed by atoms with van der Waals surface area (Å²) < 4.78 is 15.8. The molecule has 1 fully saturated rings. The fourth-order valence-corrected chi connectivity index (χ4v) is 5.02. The predicted octanol–water partition coefficient (Wildman–Crippen LogP) is 3.96. The highest BCUT2D eigenvalue weighted by molar-refractivity contribution is 5.68. The second-order valence-corrected chi connectivity index (χ2v) is 8.45. The van der Waals surface area contributed by atoms with E-state index in [0.29, 0.717) is 18.5 Å². The van der Waals surface area contributed by atoms with Gasteiger partial charge in [-0.15, -0.1) is 0 Å². The zero-order valence-electron chi connectivity index (χ0n) is 16.8. The lowest BCUT2D eigenvalue weighted by Gasteiger charge is -2.35. The molecule has 2 atom stereocenters. The monoisotopic (exact) mass is 407 g/mol. The molecule has 0 saturated carbocycles. The molecule has 1 saturated heterocycles. The Kier molecular flexibility index (Phi) is 5.05. The van der Waals surface area contributed by atoms with Crippen LogP contribution >= 0.6 is 0 Å². The fourth-order valence-electron chi connectivity index (χ4n) is 5.02. The Bertz CT molecular complexity index is 1040. The number of para-hydroxylation sites is 1. The fraction of sp³-hybridized carbons (Fsp3) is 0.375. The summed E-state index contributed by atoms with van der Waals surface area (Å²) in [5.74, 6) is -0.591. The van der Waals surface area contributed by atoms with Crippen LogP contribution in [0, 0.1) is 11.7 Å². The summed E-state index contributed by atoms with van der Waals surface area (Å²) in [7, 11) is 0. The van der Waals surface area contributed by atoms with E-state index in [1.54, 1.807) is 12.1 Å². The number of rotatable bonds is 5. The van der Waals surface area contributed by atoms with E-state index in [1.165, 1.54) is 17.2 Å². The molecule has 0 amide bonds. The average molecular weight is 407 g/mol. The van der Waals surface area contributed by atoms with Crippen LogP contribution in [0.1, 0.15) is 36.4 Å². The van der Waals surface area contributed by atoms with Gasteiger partial charge in [0.05, 0.1) is 30.4 Å². The molecule has 6 heteroatoms. The number of halogens is 1. The molecule has 2 aromatic carbocycles. The van der Waals surface area contributed by atoms with Gasteiger partial charge in [0.25, 0.3) is 0 Å². The number of phenols is 1. The van der Waals surface area contributed by atoms with Crippen molar-refractivity contribution in [1.29, 1.82) is 0 Å². The minimum absolute atomic E-state index is 0.121. The molecular weight excluding hydrogens is 381 g/mol. The summed E-state index contributed by atoms with van der Waals surface area (Å²) in [6.45, 7) is 2.19. The first kappa shape index (κ1) is 19.3. The Labute approximate surface area is 175 Å². The van der Waals surface area contributed by atoms with E-state index in [1.807, 2.05) is 18.6 Å². The summed E-state index contributed by atoms with van der Waals surface area (Å²) in [6, 6.07) is 13.2. The molecule has 2 unspecified atom stereocenters. The van der Waals surface area contributed by atoms with Crippen LogP contribution in [0.5, 0.6) is 5.75 Å². The van der Waals surface area contributed by atoms with Crippen molar-refractivity contribution in [3.8, 4) is 17.0 Å². The molecule has 1 aromatic heterocycles. The van der Waals surface area contributed by atoms with Crippen molar-refractivity contribution < 1.29 is 14.6 Å². The Morgan fingerprint density at radius 2 is 1.90 bits per heavy atom. The van der Waals surface area contributed by atoms with Crippen LogP contribution in [0.25, 0.3) is 11.3 Å². The molecule has 2 aliphatic heterocycles. The Morgan fingerprint density at radius 3 is 2.73 bits per heavy atom. The van der Waals surface area contributed by atoms with Gasteiger partial charge >= 0.3 is 0 Å². The summed E-state index contributed by atoms with van der Waals surface area (Å²) in [4.78, 5) is 6.52. The van der Waals surface area contributed by atoms with Crippen LogP contribution < -0.4 is 0 Å². The molecule has 5 rings (SSSR count). The molecule has 156 valence electrons. The molecule has 2 N–H and O–H groups in total. The summed E-state index contributed by atoms with van der Waals surface area (Å²) in [5.41, 5.74) is 4.20. The summed E-state index contributed by atoms with van der Waals surface area (Å²) in [6.07, 6.45) is 5.83. The van der Waals surface area contributed by atoms with Gasteiger partial charge in [-0.2, -0.15) is 0 Å². The highest BCUT2D eigenvalue weighted by Gasteiger charge is 2.33. The predicted molar refractivity (Wildman–Crippen MR) is 112 cm³/mol. The molecule has 0 radical (unpaired) electrons. The van der Waals surface area contributed by atoms with Crippen molar-refractivity contribution in [2.45, 2.75) is 38.0 Å². The third-order valence-corrected chi connectivity index (χ3v) is 6.70. The number of likely N-dealkylation sites (tertiary alicyclic amines) is 1. The first-order valence-corrected chi connectivity index (χ1v) is 10.6. The van der Waals surface area contributed by atoms with Gasteiger partial charge in [0.15, 0.2) is 11.6 Å². The molecule has 0 bridgehead atoms. The van der Waals surface area contributed by atoms with Crippen LogP contribution in [0.3, 0.4) is 0 Å². The first-order valence-electron chi connectivity index (χ1n) is 10.6. The molecular formula is C24H26FN3O2. The highest BCUT2D eigenvalue weighted by Crippen LogP contribution is 2.42. The molecule has 2 aliphatic rings. The van der Waals surface area contributed by atoms with Crippen LogP contribution in [0.2, 0.25) is 0 Å². The van der Waals surface area contributed by atoms with E-state index in [0.717, 1.165) is 31.6 Å². The quantitative estimate of drug-likeness (QED) is 0.672. The van der Waals surface area contributed by atoms with Crippen molar-refractivity contribution in [2.75, 3.05) is 13.1 Å². The van der Waals surface area contributed by atoms with Gasteiger partial charge in [-0.3, -0.25) is 4.90 Å². The number of aliphatic hydroxyl groups excluding tert-OH is 1. The van der Waals surface area contributed by atoms with E-state index in [9.17, 15) is 14.6 Å². The maximum Gasteiger partial charge on any atom is 0.165 e. The third-order valence-electron chi connectivity index (χ3n) is 6.70. The van der Waals surface area contributed by atoms with Crippen molar-refractivity contribution in [2.24, 2.45) is 5.92 Å². The SMILES string of the molecule is Oc1c(F)cccc1CN1CCC(C(O)CC2c3ccccc3-c3cncn32)CC1. The number of benzene rings is 2. The van der Waals surface area contributed by atoms with E-state index in [-0.39, 0.29) is 23.8 Å². The second kappa shape index (κ2) is 7.85. The number of phenolic OH excluding ortho intramolecular Hbond substituents is 1. The lowest BCUT2D eigenvalue weighted by atomic mass is 9.86. The third kappa shape index (κ3) is 3.40. The van der Waals surface area contributed by atoms with E-state index < -0.39 is 5.82 Å². The van der Waals surface area contributed by atoms with Crippen molar-refractivity contribution >= 4 is 0 Å². The second-order valence-electron chi connectivity index (χ2n) is 8.45. The normalized spacial score (nSPS) is 20.1. The smallest absolute Gasteiger partial charge is 0.165 e. The number of nitrogens with zero attached hydrogens (tertiary/aromatic N) is 3. The Hall–Kier alpha value is -2.70. The number of fused-ring (bicyclic) bond motifs is 3. The Morgan fingerprint density at radius 1 is 1.10 bits per heavy atom. The number of hydrogen-bond donors (Lipinski definition) is 2. The standard InChI is InChI=1S/C24H26FN3O2/c25-20-7-3-4-17(24(20)30)14-27-10-8-16(9-11-27)23(29)12-21-18-5-1-2-6-19(18)22-13-26-15-28(21)22/h1-7,13,15-16,21,23,29-30H,8-12,14H2. The zero-order chi connectivity index (χ0) is 20.7. The largest absolute Gasteiger partial charge is 0.505 e. The van der Waals surface area contributed by atoms with Gasteiger partial charge in [0.2, 0.25) is 0 Å². The summed E-state index contributed by atoms with van der Waals surface area (Å²) in [5, 5.41) is 21.0. The minimum Gasteiger partial charge on any atom is -0.505 e. The number of aromatic nitrogens is 2. The van der Waals surface area contributed by atoms with Crippen LogP contribution in [-0.4, -0.2) is 43.9 Å². The molecule has 0 spiro atoms. The molecule has 30 heavy (non-hydrogen) atoms. The topological polar surface area (TPSA) is 61.5 Å². The zero-order valence-corrected chi connectivity index (χ0v) is 16.8. The van der Waals surface area contributed by atoms with Gasteiger partial charge in [-0.1, -0.05) is 36.4 Å². The van der Waals surface area contributed by atoms with Gasteiger partial charge in [0.1, 0.15) is 0 Å². The lowest BCUT2D eigenvalue weighted by Crippen LogP contribution is -2.38. The lowest BCUT2D eigenvalue weighted by molar-refractivity contribution is 0.0451. The van der Waals surface area contributed by atoms with Crippen LogP contribution in [-0.2, 0) is 6.54 Å². The minimum atomic E-state index is -0.575. The highest BCUT2D eigenvalue weighted by atomic mass is 19.1. The first-order chi connectivity index (χ1) is 14.6. The molecule has 0 aliphatic carbocycles. The van der Waals surface area contributed by atoms with E-state index in [4.69, 9.17) is 0 Å². The molecule has 3 heterocycles. The maximum absolute atomic E-state index is 13.6. The van der Waals surface area contributed by atoms with Crippen LogP contribution in [0.4, 0.5) is 4.39 Å². The average Bonchev–Trinajstić information content (AvgIpc) is 3.35. The maximum atomic E-state index is 13.6. The van der Waals surface area contributed by atoms with Crippen LogP contribution in [0.15, 0.2) is 55.0 Å². The molecule has 3 aromatic rings. The number of piperidine rings is 1. The van der Waals surface area contributed by atoms with Gasteiger partial charge < -0.3 is 14.8 Å². The number of aliphatic hydroxyl groups is 1. The summed E-state index contributed by atoms with van der Waals surface area (Å²) >= 11 is 0. The number of imidazole rings is 1. The number of hydrogen-bond acceptors (Lipinski definition) is 4. The van der Waals surface area contributed by atoms with E-state index in [2.05, 4.69) is 32.7 Å². The van der Waals surface area contributed by atoms with E-state index >= 15 is 0 Å². The number of aromatic hydroxyl groups is 1. The van der Waals surface area contributed by atoms with Gasteiger partial charge in [-0.05, 0) is 49.9 Å². The molecule has 5 nitrogen and oxygen atoms in total. The van der Waals surface area contributed by atoms with Gasteiger partial charge in [0, 0.05) is 17.7 Å².